The summed E-state index contributed by atoms with van der Waals surface area (Å²) < 4.78 is 31.4. The molecule has 0 aromatic carbocycles. The predicted octanol–water partition coefficient (Wildman–Crippen LogP) is 1.58. The van der Waals surface area contributed by atoms with Crippen LogP contribution in [-0.2, 0) is 14.8 Å². The Morgan fingerprint density at radius 2 is 2.00 bits per heavy atom. The SMILES string of the molecule is NS(=O)(=O)c1cc2c(s1)SN(C/C=C/CN1CCOCC1)C=C2. The van der Waals surface area contributed by atoms with E-state index >= 15 is 0 Å². The van der Waals surface area contributed by atoms with E-state index < -0.39 is 10.0 Å². The van der Waals surface area contributed by atoms with E-state index in [4.69, 9.17) is 9.88 Å². The van der Waals surface area contributed by atoms with E-state index in [0.717, 1.165) is 49.2 Å². The lowest BCUT2D eigenvalue weighted by molar-refractivity contribution is 0.0434. The third-order valence-corrected chi connectivity index (χ3v) is 7.27. The molecular formula is C14H19N3O3S3. The van der Waals surface area contributed by atoms with Gasteiger partial charge in [0.2, 0.25) is 10.0 Å². The molecule has 3 heterocycles. The maximum atomic E-state index is 11.4. The zero-order valence-electron chi connectivity index (χ0n) is 12.6. The van der Waals surface area contributed by atoms with Crippen molar-refractivity contribution < 1.29 is 13.2 Å². The van der Waals surface area contributed by atoms with Gasteiger partial charge in [0.25, 0.3) is 0 Å². The molecule has 3 rings (SSSR count). The summed E-state index contributed by atoms with van der Waals surface area (Å²) in [6.45, 7) is 5.30. The average Bonchev–Trinajstić information content (AvgIpc) is 2.96. The molecule has 0 aliphatic carbocycles. The van der Waals surface area contributed by atoms with Crippen LogP contribution >= 0.6 is 23.3 Å². The highest BCUT2D eigenvalue weighted by atomic mass is 32.3. The van der Waals surface area contributed by atoms with Gasteiger partial charge in [-0.05, 0) is 24.1 Å². The van der Waals surface area contributed by atoms with E-state index in [1.165, 1.54) is 11.3 Å². The molecular weight excluding hydrogens is 354 g/mol. The Morgan fingerprint density at radius 1 is 1.26 bits per heavy atom. The Labute approximate surface area is 144 Å². The molecule has 0 spiro atoms. The van der Waals surface area contributed by atoms with Crippen LogP contribution in [0.1, 0.15) is 5.56 Å². The Kier molecular flexibility index (Phi) is 5.45. The molecule has 1 saturated heterocycles. The number of thiophene rings is 1. The van der Waals surface area contributed by atoms with E-state index in [1.54, 1.807) is 18.0 Å². The highest BCUT2D eigenvalue weighted by molar-refractivity contribution is 7.99. The molecule has 23 heavy (non-hydrogen) atoms. The van der Waals surface area contributed by atoms with Crippen LogP contribution in [-0.4, -0.2) is 57.0 Å². The Morgan fingerprint density at radius 3 is 2.74 bits per heavy atom. The molecule has 9 heteroatoms. The topological polar surface area (TPSA) is 75.9 Å². The van der Waals surface area contributed by atoms with Gasteiger partial charge in [0.1, 0.15) is 4.21 Å². The Bertz CT molecular complexity index is 706. The second kappa shape index (κ2) is 7.37. The molecule has 1 aromatic rings. The number of hydrogen-bond donors (Lipinski definition) is 1. The van der Waals surface area contributed by atoms with Crippen molar-refractivity contribution in [2.75, 3.05) is 39.4 Å². The molecule has 0 radical (unpaired) electrons. The van der Waals surface area contributed by atoms with E-state index in [0.29, 0.717) is 0 Å². The third-order valence-electron chi connectivity index (χ3n) is 3.52. The van der Waals surface area contributed by atoms with Crippen molar-refractivity contribution in [3.8, 4) is 0 Å². The van der Waals surface area contributed by atoms with Gasteiger partial charge in [-0.15, -0.1) is 11.3 Å². The minimum Gasteiger partial charge on any atom is -0.379 e. The molecule has 1 aromatic heterocycles. The maximum absolute atomic E-state index is 11.4. The van der Waals surface area contributed by atoms with Crippen molar-refractivity contribution >= 4 is 39.4 Å². The minimum absolute atomic E-state index is 0.212. The van der Waals surface area contributed by atoms with Gasteiger partial charge in [-0.1, -0.05) is 12.2 Å². The van der Waals surface area contributed by atoms with Gasteiger partial charge in [-0.3, -0.25) is 4.90 Å². The first-order chi connectivity index (χ1) is 11.0. The first-order valence-corrected chi connectivity index (χ1v) is 10.4. The monoisotopic (exact) mass is 373 g/mol. The lowest BCUT2D eigenvalue weighted by Gasteiger charge is -2.25. The van der Waals surface area contributed by atoms with Crippen molar-refractivity contribution in [2.24, 2.45) is 5.14 Å². The van der Waals surface area contributed by atoms with Crippen LogP contribution in [0.5, 0.6) is 0 Å². The smallest absolute Gasteiger partial charge is 0.247 e. The lowest BCUT2D eigenvalue weighted by atomic mass is 10.3. The minimum atomic E-state index is -3.62. The zero-order chi connectivity index (χ0) is 16.3. The molecule has 2 N–H and O–H groups in total. The van der Waals surface area contributed by atoms with Gasteiger partial charge in [0.15, 0.2) is 0 Å². The fourth-order valence-electron chi connectivity index (χ4n) is 2.28. The molecule has 0 amide bonds. The number of fused-ring (bicyclic) bond motifs is 1. The van der Waals surface area contributed by atoms with E-state index in [1.807, 2.05) is 12.3 Å². The summed E-state index contributed by atoms with van der Waals surface area (Å²) >= 11 is 2.76. The van der Waals surface area contributed by atoms with E-state index in [9.17, 15) is 8.42 Å². The Hall–Kier alpha value is -0.840. The molecule has 2 aliphatic heterocycles. The van der Waals surface area contributed by atoms with Crippen LogP contribution in [0.2, 0.25) is 0 Å². The molecule has 0 atom stereocenters. The average molecular weight is 374 g/mol. The van der Waals surface area contributed by atoms with Crippen LogP contribution in [0, 0.1) is 0 Å². The van der Waals surface area contributed by atoms with Crippen LogP contribution in [0.4, 0.5) is 0 Å². The highest BCUT2D eigenvalue weighted by Crippen LogP contribution is 2.39. The van der Waals surface area contributed by atoms with Gasteiger partial charge in [-0.25, -0.2) is 13.6 Å². The van der Waals surface area contributed by atoms with E-state index in [-0.39, 0.29) is 4.21 Å². The standard InChI is InChI=1S/C14H19N3O3S3/c15-23(18,19)13-11-12-3-6-17(22-14(12)21-13)5-2-1-4-16-7-9-20-10-8-16/h1-3,6,11H,4-5,7-10H2,(H2,15,18,19)/b2-1+. The molecule has 0 saturated carbocycles. The van der Waals surface area contributed by atoms with Crippen LogP contribution < -0.4 is 5.14 Å². The van der Waals surface area contributed by atoms with Crippen LogP contribution in [0.3, 0.4) is 0 Å². The number of primary sulfonamides is 1. The molecule has 0 bridgehead atoms. The fraction of sp³-hybridized carbons (Fsp3) is 0.429. The third kappa shape index (κ3) is 4.59. The van der Waals surface area contributed by atoms with Crippen molar-refractivity contribution in [2.45, 2.75) is 8.42 Å². The molecule has 6 nitrogen and oxygen atoms in total. The van der Waals surface area contributed by atoms with Crippen molar-refractivity contribution in [3.05, 3.63) is 30.0 Å². The summed E-state index contributed by atoms with van der Waals surface area (Å²) in [4.78, 5) is 2.36. The number of nitrogens with two attached hydrogens (primary N) is 1. The zero-order valence-corrected chi connectivity index (χ0v) is 15.0. The fourth-order valence-corrected chi connectivity index (χ4v) is 5.49. The van der Waals surface area contributed by atoms with E-state index in [2.05, 4.69) is 21.4 Å². The van der Waals surface area contributed by atoms with Crippen LogP contribution in [0.25, 0.3) is 6.08 Å². The first-order valence-electron chi connectivity index (χ1n) is 7.27. The lowest BCUT2D eigenvalue weighted by Crippen LogP contribution is -2.36. The number of ether oxygens (including phenoxy) is 1. The number of hydrogen-bond acceptors (Lipinski definition) is 7. The maximum Gasteiger partial charge on any atom is 0.247 e. The highest BCUT2D eigenvalue weighted by Gasteiger charge is 2.19. The van der Waals surface area contributed by atoms with Gasteiger partial charge in [-0.2, -0.15) is 0 Å². The quantitative estimate of drug-likeness (QED) is 0.624. The van der Waals surface area contributed by atoms with Crippen molar-refractivity contribution in [1.82, 2.24) is 9.21 Å². The van der Waals surface area contributed by atoms with Gasteiger partial charge >= 0.3 is 0 Å². The Balaban J connectivity index is 1.52. The number of nitrogens with zero attached hydrogens (tertiary/aromatic N) is 2. The normalized spacial score (nSPS) is 19.4. The second-order valence-electron chi connectivity index (χ2n) is 5.24. The largest absolute Gasteiger partial charge is 0.379 e. The number of morpholine rings is 1. The molecule has 1 fully saturated rings. The summed E-state index contributed by atoms with van der Waals surface area (Å²) in [5.74, 6) is 0. The summed E-state index contributed by atoms with van der Waals surface area (Å²) in [5, 5.41) is 5.18. The summed E-state index contributed by atoms with van der Waals surface area (Å²) in [7, 11) is -3.62. The number of rotatable bonds is 5. The summed E-state index contributed by atoms with van der Waals surface area (Å²) in [6, 6.07) is 1.63. The van der Waals surface area contributed by atoms with Crippen LogP contribution in [0.15, 0.2) is 32.8 Å². The second-order valence-corrected chi connectivity index (χ2v) is 9.40. The number of sulfonamides is 1. The van der Waals surface area contributed by atoms with Crippen molar-refractivity contribution in [1.29, 1.82) is 0 Å². The van der Waals surface area contributed by atoms with Gasteiger partial charge in [0, 0.05) is 37.9 Å². The predicted molar refractivity (Wildman–Crippen MR) is 93.7 cm³/mol. The van der Waals surface area contributed by atoms with Crippen molar-refractivity contribution in [3.63, 3.8) is 0 Å². The van der Waals surface area contributed by atoms with Gasteiger partial charge < -0.3 is 9.04 Å². The molecule has 2 aliphatic rings. The summed E-state index contributed by atoms with van der Waals surface area (Å²) in [6.07, 6.45) is 8.18. The molecule has 0 unspecified atom stereocenters. The summed E-state index contributed by atoms with van der Waals surface area (Å²) in [5.41, 5.74) is 0.914. The van der Waals surface area contributed by atoms with Gasteiger partial charge in [0.05, 0.1) is 17.4 Å². The molecule has 126 valence electrons. The first kappa shape index (κ1) is 17.0.